The van der Waals surface area contributed by atoms with Crippen LogP contribution in [0.5, 0.6) is 0 Å². The number of rotatable bonds is 5. The zero-order valence-corrected chi connectivity index (χ0v) is 15.6. The quantitative estimate of drug-likeness (QED) is 0.555. The molecule has 0 aliphatic heterocycles. The highest BCUT2D eigenvalue weighted by Gasteiger charge is 2.14. The van der Waals surface area contributed by atoms with E-state index in [-0.39, 0.29) is 5.91 Å². The van der Waals surface area contributed by atoms with E-state index in [1.54, 1.807) is 23.7 Å². The summed E-state index contributed by atoms with van der Waals surface area (Å²) in [7, 11) is 0. The highest BCUT2D eigenvalue weighted by molar-refractivity contribution is 7.13. The maximum atomic E-state index is 12.7. The van der Waals surface area contributed by atoms with Crippen LogP contribution in [0, 0.1) is 6.92 Å². The zero-order valence-electron chi connectivity index (χ0n) is 14.8. The average molecular weight is 374 g/mol. The molecular formula is C21H18N4OS. The van der Waals surface area contributed by atoms with Crippen LogP contribution in [0.1, 0.15) is 21.7 Å². The van der Waals surface area contributed by atoms with Crippen LogP contribution >= 0.6 is 11.3 Å². The summed E-state index contributed by atoms with van der Waals surface area (Å²) in [4.78, 5) is 21.5. The van der Waals surface area contributed by atoms with Gasteiger partial charge >= 0.3 is 0 Å². The number of nitrogens with one attached hydrogen (secondary N) is 1. The van der Waals surface area contributed by atoms with Crippen LogP contribution in [0.2, 0.25) is 0 Å². The number of benzene rings is 1. The van der Waals surface area contributed by atoms with Gasteiger partial charge in [0, 0.05) is 35.2 Å². The van der Waals surface area contributed by atoms with Crippen molar-refractivity contribution >= 4 is 22.9 Å². The lowest BCUT2D eigenvalue weighted by Crippen LogP contribution is -2.17. The smallest absolute Gasteiger partial charge is 0.272 e. The first-order valence-electron chi connectivity index (χ1n) is 8.57. The standard InChI is InChI=1S/C21H18N4OS/c1-15-10-19(20(26)23-17-7-3-2-4-8-17)25(12-15)13-18-14-27-21(24-18)16-6-5-9-22-11-16/h2-12,14H,13H2,1H3,(H,23,26). The summed E-state index contributed by atoms with van der Waals surface area (Å²) >= 11 is 1.58. The first-order valence-corrected chi connectivity index (χ1v) is 9.45. The molecule has 134 valence electrons. The van der Waals surface area contributed by atoms with Crippen LogP contribution < -0.4 is 5.32 Å². The van der Waals surface area contributed by atoms with Crippen LogP contribution in [0.4, 0.5) is 5.69 Å². The number of anilines is 1. The Morgan fingerprint density at radius 2 is 2.04 bits per heavy atom. The molecule has 0 aliphatic carbocycles. The molecule has 0 saturated carbocycles. The van der Waals surface area contributed by atoms with Gasteiger partial charge in [0.05, 0.1) is 12.2 Å². The summed E-state index contributed by atoms with van der Waals surface area (Å²) in [6.45, 7) is 2.53. The minimum absolute atomic E-state index is 0.128. The number of carbonyl (C=O) groups is 1. The van der Waals surface area contributed by atoms with Crippen LogP contribution in [0.25, 0.3) is 10.6 Å². The number of thiazole rings is 1. The number of carbonyl (C=O) groups excluding carboxylic acids is 1. The van der Waals surface area contributed by atoms with Crippen molar-refractivity contribution in [2.45, 2.75) is 13.5 Å². The van der Waals surface area contributed by atoms with Crippen molar-refractivity contribution in [1.29, 1.82) is 0 Å². The van der Waals surface area contributed by atoms with Crippen molar-refractivity contribution in [3.05, 3.63) is 89.5 Å². The van der Waals surface area contributed by atoms with Crippen molar-refractivity contribution < 1.29 is 4.79 Å². The normalized spacial score (nSPS) is 10.7. The number of aryl methyl sites for hydroxylation is 1. The highest BCUT2D eigenvalue weighted by Crippen LogP contribution is 2.23. The summed E-state index contributed by atoms with van der Waals surface area (Å²) in [5.74, 6) is -0.128. The molecule has 0 fully saturated rings. The molecule has 0 atom stereocenters. The summed E-state index contributed by atoms with van der Waals surface area (Å²) < 4.78 is 1.94. The summed E-state index contributed by atoms with van der Waals surface area (Å²) in [5.41, 5.74) is 4.35. The van der Waals surface area contributed by atoms with Crippen LogP contribution in [-0.4, -0.2) is 20.4 Å². The second-order valence-electron chi connectivity index (χ2n) is 6.24. The van der Waals surface area contributed by atoms with Crippen LogP contribution in [-0.2, 0) is 6.54 Å². The van der Waals surface area contributed by atoms with Crippen molar-refractivity contribution in [2.75, 3.05) is 5.32 Å². The third-order valence-corrected chi connectivity index (χ3v) is 5.03. The van der Waals surface area contributed by atoms with Crippen molar-refractivity contribution in [3.8, 4) is 10.6 Å². The number of hydrogen-bond acceptors (Lipinski definition) is 4. The predicted molar refractivity (Wildman–Crippen MR) is 108 cm³/mol. The van der Waals surface area contributed by atoms with Gasteiger partial charge in [-0.15, -0.1) is 11.3 Å². The summed E-state index contributed by atoms with van der Waals surface area (Å²) in [6, 6.07) is 15.3. The van der Waals surface area contributed by atoms with Gasteiger partial charge in [0.15, 0.2) is 0 Å². The zero-order chi connectivity index (χ0) is 18.6. The largest absolute Gasteiger partial charge is 0.337 e. The van der Waals surface area contributed by atoms with Gasteiger partial charge in [-0.25, -0.2) is 4.98 Å². The van der Waals surface area contributed by atoms with Gasteiger partial charge in [-0.3, -0.25) is 9.78 Å². The lowest BCUT2D eigenvalue weighted by molar-refractivity contribution is 0.101. The van der Waals surface area contributed by atoms with Gasteiger partial charge in [-0.2, -0.15) is 0 Å². The Hall–Kier alpha value is -3.25. The van der Waals surface area contributed by atoms with Crippen LogP contribution in [0.3, 0.4) is 0 Å². The summed E-state index contributed by atoms with van der Waals surface area (Å²) in [5, 5.41) is 5.90. The molecule has 4 rings (SSSR count). The minimum Gasteiger partial charge on any atom is -0.337 e. The van der Waals surface area contributed by atoms with Gasteiger partial charge in [-0.1, -0.05) is 18.2 Å². The van der Waals surface area contributed by atoms with Gasteiger partial charge in [0.1, 0.15) is 10.7 Å². The number of aromatic nitrogens is 3. The predicted octanol–water partition coefficient (Wildman–Crippen LogP) is 4.62. The van der Waals surface area contributed by atoms with E-state index in [4.69, 9.17) is 4.98 Å². The number of amides is 1. The molecule has 0 unspecified atom stereocenters. The van der Waals surface area contributed by atoms with Crippen LogP contribution in [0.15, 0.2) is 72.5 Å². The third kappa shape index (κ3) is 3.96. The topological polar surface area (TPSA) is 59.8 Å². The summed E-state index contributed by atoms with van der Waals surface area (Å²) in [6.07, 6.45) is 5.53. The molecule has 27 heavy (non-hydrogen) atoms. The maximum absolute atomic E-state index is 12.7. The number of nitrogens with zero attached hydrogens (tertiary/aromatic N) is 3. The molecule has 3 heterocycles. The highest BCUT2D eigenvalue weighted by atomic mass is 32.1. The Balaban J connectivity index is 1.55. The number of hydrogen-bond donors (Lipinski definition) is 1. The van der Waals surface area contributed by atoms with E-state index in [9.17, 15) is 4.79 Å². The third-order valence-electron chi connectivity index (χ3n) is 4.09. The first-order chi connectivity index (χ1) is 13.2. The lowest BCUT2D eigenvalue weighted by atomic mass is 10.3. The monoisotopic (exact) mass is 374 g/mol. The van der Waals surface area contributed by atoms with E-state index >= 15 is 0 Å². The van der Waals surface area contributed by atoms with E-state index in [1.165, 1.54) is 0 Å². The van der Waals surface area contributed by atoms with Gasteiger partial charge < -0.3 is 9.88 Å². The fraction of sp³-hybridized carbons (Fsp3) is 0.0952. The molecule has 0 spiro atoms. The van der Waals surface area contributed by atoms with E-state index < -0.39 is 0 Å². The molecule has 6 heteroatoms. The fourth-order valence-corrected chi connectivity index (χ4v) is 3.67. The molecule has 3 aromatic heterocycles. The Kier molecular flexibility index (Phi) is 4.80. The Morgan fingerprint density at radius 1 is 1.19 bits per heavy atom. The number of pyridine rings is 1. The molecular weight excluding hydrogens is 356 g/mol. The van der Waals surface area contributed by atoms with Crippen molar-refractivity contribution in [3.63, 3.8) is 0 Å². The molecule has 0 radical (unpaired) electrons. The molecule has 1 amide bonds. The van der Waals surface area contributed by atoms with Gasteiger partial charge in [0.25, 0.3) is 5.91 Å². The molecule has 0 bridgehead atoms. The number of para-hydroxylation sites is 1. The Labute approximate surface area is 161 Å². The van der Waals surface area contributed by atoms with Gasteiger partial charge in [0.2, 0.25) is 0 Å². The maximum Gasteiger partial charge on any atom is 0.272 e. The second-order valence-corrected chi connectivity index (χ2v) is 7.09. The SMILES string of the molecule is Cc1cc(C(=O)Nc2ccccc2)n(Cc2csc(-c3cccnc3)n2)c1. The molecule has 1 N–H and O–H groups in total. The second kappa shape index (κ2) is 7.55. The lowest BCUT2D eigenvalue weighted by Gasteiger charge is -2.08. The molecule has 1 aromatic carbocycles. The molecule has 4 aromatic rings. The van der Waals surface area contributed by atoms with Crippen molar-refractivity contribution in [2.24, 2.45) is 0 Å². The molecule has 5 nitrogen and oxygen atoms in total. The van der Waals surface area contributed by atoms with Gasteiger partial charge in [-0.05, 0) is 42.8 Å². The van der Waals surface area contributed by atoms with E-state index in [0.717, 1.165) is 27.5 Å². The molecule has 0 aliphatic rings. The van der Waals surface area contributed by atoms with Crippen molar-refractivity contribution in [1.82, 2.24) is 14.5 Å². The average Bonchev–Trinajstić information content (AvgIpc) is 3.30. The van der Waals surface area contributed by atoms with E-state index in [0.29, 0.717) is 12.2 Å². The van der Waals surface area contributed by atoms with E-state index in [2.05, 4.69) is 10.3 Å². The molecule has 0 saturated heterocycles. The van der Waals surface area contributed by atoms with E-state index in [1.807, 2.05) is 71.6 Å². The first kappa shape index (κ1) is 17.2. The Bertz CT molecular complexity index is 1050. The fourth-order valence-electron chi connectivity index (χ4n) is 2.87. The minimum atomic E-state index is -0.128. The Morgan fingerprint density at radius 3 is 2.81 bits per heavy atom.